The molecule has 0 aromatic carbocycles. The van der Waals surface area contributed by atoms with Gasteiger partial charge in [-0.1, -0.05) is 13.8 Å². The summed E-state index contributed by atoms with van der Waals surface area (Å²) in [7, 11) is 1.27. The highest BCUT2D eigenvalue weighted by atomic mass is 16.5. The molecule has 1 amide bonds. The molecule has 0 radical (unpaired) electrons. The van der Waals surface area contributed by atoms with Crippen molar-refractivity contribution in [3.8, 4) is 0 Å². The number of esters is 1. The molecule has 1 unspecified atom stereocenters. The number of ether oxygens (including phenoxy) is 1. The summed E-state index contributed by atoms with van der Waals surface area (Å²) in [6.07, 6.45) is 0. The number of nitrogens with two attached hydrogens (primary N) is 1. The third kappa shape index (κ3) is 3.02. The maximum Gasteiger partial charge on any atom is 0.330 e. The minimum Gasteiger partial charge on any atom is -0.467 e. The van der Waals surface area contributed by atoms with Crippen molar-refractivity contribution in [1.29, 1.82) is 0 Å². The first-order valence-electron chi connectivity index (χ1n) is 4.04. The molecule has 0 saturated carbocycles. The predicted octanol–water partition coefficient (Wildman–Crippen LogP) is -0.0938. The Hall–Kier alpha value is -1.10. The lowest BCUT2D eigenvalue weighted by Crippen LogP contribution is -2.51. The molecule has 0 bridgehead atoms. The summed E-state index contributed by atoms with van der Waals surface area (Å²) in [6, 6.07) is -0.706. The summed E-state index contributed by atoms with van der Waals surface area (Å²) in [5, 5.41) is 0.899. The number of nitrogens with zero attached hydrogens (tertiary/aromatic N) is 1. The lowest BCUT2D eigenvalue weighted by Gasteiger charge is -2.26. The highest BCUT2D eigenvalue weighted by molar-refractivity contribution is 5.83. The zero-order chi connectivity index (χ0) is 10.6. The number of hydrogen-bond donors (Lipinski definition) is 1. The molecule has 0 rings (SSSR count). The van der Waals surface area contributed by atoms with E-state index >= 15 is 0 Å². The van der Waals surface area contributed by atoms with E-state index in [1.807, 2.05) is 0 Å². The third-order valence-electron chi connectivity index (χ3n) is 1.74. The Morgan fingerprint density at radius 1 is 1.38 bits per heavy atom. The molecule has 0 aliphatic carbocycles. The average molecular weight is 188 g/mol. The van der Waals surface area contributed by atoms with E-state index in [1.54, 1.807) is 13.8 Å². The summed E-state index contributed by atoms with van der Waals surface area (Å²) in [4.78, 5) is 22.1. The van der Waals surface area contributed by atoms with Crippen LogP contribution in [0.15, 0.2) is 0 Å². The van der Waals surface area contributed by atoms with Gasteiger partial charge in [0.15, 0.2) is 0 Å². The van der Waals surface area contributed by atoms with Gasteiger partial charge in [0, 0.05) is 6.92 Å². The van der Waals surface area contributed by atoms with Crippen LogP contribution in [-0.2, 0) is 14.3 Å². The number of amides is 1. The molecule has 13 heavy (non-hydrogen) atoms. The molecule has 76 valence electrons. The molecule has 0 heterocycles. The van der Waals surface area contributed by atoms with Gasteiger partial charge in [0.2, 0.25) is 5.91 Å². The summed E-state index contributed by atoms with van der Waals surface area (Å²) >= 11 is 0. The number of hydrogen-bond acceptors (Lipinski definition) is 4. The largest absolute Gasteiger partial charge is 0.467 e. The van der Waals surface area contributed by atoms with E-state index in [2.05, 4.69) is 4.74 Å². The summed E-state index contributed by atoms with van der Waals surface area (Å²) in [6.45, 7) is 4.90. The van der Waals surface area contributed by atoms with Crippen LogP contribution in [0, 0.1) is 5.92 Å². The molecule has 0 aliphatic heterocycles. The van der Waals surface area contributed by atoms with Gasteiger partial charge in [-0.2, -0.15) is 0 Å². The first kappa shape index (κ1) is 11.9. The van der Waals surface area contributed by atoms with Crippen molar-refractivity contribution in [2.24, 2.45) is 11.8 Å². The van der Waals surface area contributed by atoms with Crippen LogP contribution < -0.4 is 5.84 Å². The fraction of sp³-hybridized carbons (Fsp3) is 0.750. The molecule has 0 aromatic heterocycles. The number of hydrazine groups is 1. The van der Waals surface area contributed by atoms with Gasteiger partial charge in [-0.05, 0) is 5.92 Å². The van der Waals surface area contributed by atoms with Crippen molar-refractivity contribution in [2.75, 3.05) is 7.11 Å². The van der Waals surface area contributed by atoms with Crippen LogP contribution >= 0.6 is 0 Å². The van der Waals surface area contributed by atoms with Crippen molar-refractivity contribution in [3.63, 3.8) is 0 Å². The van der Waals surface area contributed by atoms with Crippen LogP contribution in [0.4, 0.5) is 0 Å². The van der Waals surface area contributed by atoms with E-state index in [9.17, 15) is 9.59 Å². The number of carbonyl (C=O) groups is 2. The first-order chi connectivity index (χ1) is 5.91. The van der Waals surface area contributed by atoms with E-state index < -0.39 is 12.0 Å². The normalized spacial score (nSPS) is 12.5. The maximum atomic E-state index is 11.2. The molecule has 2 N–H and O–H groups in total. The van der Waals surface area contributed by atoms with Crippen molar-refractivity contribution >= 4 is 11.9 Å². The van der Waals surface area contributed by atoms with Crippen molar-refractivity contribution in [2.45, 2.75) is 26.8 Å². The van der Waals surface area contributed by atoms with E-state index in [0.717, 1.165) is 5.01 Å². The SMILES string of the molecule is COC(=O)C(C(C)C)N(N)C(C)=O. The van der Waals surface area contributed by atoms with E-state index in [-0.39, 0.29) is 11.8 Å². The molecule has 5 nitrogen and oxygen atoms in total. The third-order valence-corrected chi connectivity index (χ3v) is 1.74. The van der Waals surface area contributed by atoms with E-state index in [4.69, 9.17) is 5.84 Å². The zero-order valence-corrected chi connectivity index (χ0v) is 8.40. The number of methoxy groups -OCH3 is 1. The minimum atomic E-state index is -0.706. The van der Waals surface area contributed by atoms with Crippen LogP contribution in [0.1, 0.15) is 20.8 Å². The van der Waals surface area contributed by atoms with Crippen LogP contribution in [0.3, 0.4) is 0 Å². The number of rotatable bonds is 3. The second-order valence-corrected chi connectivity index (χ2v) is 3.14. The highest BCUT2D eigenvalue weighted by Crippen LogP contribution is 2.09. The fourth-order valence-corrected chi connectivity index (χ4v) is 1.02. The molecule has 0 aliphatic rings. The van der Waals surface area contributed by atoms with Crippen molar-refractivity contribution in [1.82, 2.24) is 5.01 Å². The molecule has 5 heteroatoms. The van der Waals surface area contributed by atoms with Gasteiger partial charge in [-0.15, -0.1) is 0 Å². The predicted molar refractivity (Wildman–Crippen MR) is 47.3 cm³/mol. The van der Waals surface area contributed by atoms with Gasteiger partial charge >= 0.3 is 5.97 Å². The van der Waals surface area contributed by atoms with Gasteiger partial charge in [0.25, 0.3) is 0 Å². The molecule has 1 atom stereocenters. The van der Waals surface area contributed by atoms with Crippen LogP contribution in [-0.4, -0.2) is 30.0 Å². The molecule has 0 fully saturated rings. The lowest BCUT2D eigenvalue weighted by molar-refractivity contribution is -0.154. The summed E-state index contributed by atoms with van der Waals surface area (Å²) in [5.41, 5.74) is 0. The van der Waals surface area contributed by atoms with Crippen LogP contribution in [0.25, 0.3) is 0 Å². The second kappa shape index (κ2) is 4.81. The van der Waals surface area contributed by atoms with Gasteiger partial charge in [-0.3, -0.25) is 9.80 Å². The molecular weight excluding hydrogens is 172 g/mol. The Balaban J connectivity index is 4.60. The number of carbonyl (C=O) groups excluding carboxylic acids is 2. The minimum absolute atomic E-state index is 0.0682. The Morgan fingerprint density at radius 3 is 2.08 bits per heavy atom. The van der Waals surface area contributed by atoms with E-state index in [0.29, 0.717) is 0 Å². The van der Waals surface area contributed by atoms with Gasteiger partial charge in [0.05, 0.1) is 7.11 Å². The highest BCUT2D eigenvalue weighted by Gasteiger charge is 2.29. The molecular formula is C8H16N2O3. The Bertz CT molecular complexity index is 204. The van der Waals surface area contributed by atoms with Crippen molar-refractivity contribution < 1.29 is 14.3 Å². The second-order valence-electron chi connectivity index (χ2n) is 3.14. The van der Waals surface area contributed by atoms with E-state index in [1.165, 1.54) is 14.0 Å². The smallest absolute Gasteiger partial charge is 0.330 e. The van der Waals surface area contributed by atoms with Gasteiger partial charge in [-0.25, -0.2) is 10.6 Å². The summed E-state index contributed by atoms with van der Waals surface area (Å²) in [5.74, 6) is 4.50. The fourth-order valence-electron chi connectivity index (χ4n) is 1.02. The zero-order valence-electron chi connectivity index (χ0n) is 8.40. The van der Waals surface area contributed by atoms with Crippen molar-refractivity contribution in [3.05, 3.63) is 0 Å². The first-order valence-corrected chi connectivity index (χ1v) is 4.04. The Kier molecular flexibility index (Phi) is 4.40. The maximum absolute atomic E-state index is 11.2. The summed E-state index contributed by atoms with van der Waals surface area (Å²) < 4.78 is 4.53. The van der Waals surface area contributed by atoms with Gasteiger partial charge < -0.3 is 4.74 Å². The average Bonchev–Trinajstić information content (AvgIpc) is 2.03. The van der Waals surface area contributed by atoms with Gasteiger partial charge in [0.1, 0.15) is 6.04 Å². The molecule has 0 spiro atoms. The quantitative estimate of drug-likeness (QED) is 0.291. The monoisotopic (exact) mass is 188 g/mol. The Morgan fingerprint density at radius 2 is 1.85 bits per heavy atom. The Labute approximate surface area is 77.8 Å². The topological polar surface area (TPSA) is 72.6 Å². The lowest BCUT2D eigenvalue weighted by atomic mass is 10.0. The molecule has 0 aromatic rings. The molecule has 0 saturated heterocycles. The standard InChI is InChI=1S/C8H16N2O3/c1-5(2)7(8(12)13-4)10(9)6(3)11/h5,7H,9H2,1-4H3. The van der Waals surface area contributed by atoms with Crippen LogP contribution in [0.2, 0.25) is 0 Å². The van der Waals surface area contributed by atoms with Crippen LogP contribution in [0.5, 0.6) is 0 Å².